The Morgan fingerprint density at radius 2 is 1.34 bits per heavy atom. The molecule has 150 valence electrons. The van der Waals surface area contributed by atoms with Crippen LogP contribution in [-0.2, 0) is 22.7 Å². The van der Waals surface area contributed by atoms with Crippen LogP contribution in [0.1, 0.15) is 21.5 Å². The first kappa shape index (κ1) is 20.2. The summed E-state index contributed by atoms with van der Waals surface area (Å²) in [6.45, 7) is 0.692. The van der Waals surface area contributed by atoms with E-state index in [-0.39, 0.29) is 42.4 Å². The van der Waals surface area contributed by atoms with Crippen LogP contribution < -0.4 is 47.1 Å². The van der Waals surface area contributed by atoms with Gasteiger partial charge in [-0.25, -0.2) is 0 Å². The monoisotopic (exact) mass is 612 g/mol. The van der Waals surface area contributed by atoms with Gasteiger partial charge in [-0.1, -0.05) is 0 Å². The number of hydrogen-bond donors (Lipinski definition) is 0. The molecule has 0 unspecified atom stereocenters. The molecule has 0 N–H and O–H groups in total. The molecule has 2 aromatic rings. The molecule has 0 bridgehead atoms. The second-order valence-electron chi connectivity index (χ2n) is 6.09. The molecule has 0 saturated carbocycles. The van der Waals surface area contributed by atoms with Crippen molar-refractivity contribution in [2.75, 3.05) is 0 Å². The molecule has 0 saturated heterocycles. The van der Waals surface area contributed by atoms with E-state index in [1.54, 1.807) is 12.1 Å². The van der Waals surface area contributed by atoms with Gasteiger partial charge in [-0.05, 0) is 0 Å². The number of allylic oxidation sites excluding steroid dienone is 2. The average Bonchev–Trinajstić information content (AvgIpc) is 3.46. The number of esters is 1. The number of halogens is 2. The van der Waals surface area contributed by atoms with E-state index in [1.807, 2.05) is 48.6 Å². The molecule has 0 aliphatic carbocycles. The van der Waals surface area contributed by atoms with Crippen LogP contribution in [0, 0.1) is 0 Å². The molecule has 0 amide bonds. The minimum absolute atomic E-state index is 0.0164. The molecule has 4 nitrogen and oxygen atoms in total. The molecular weight excluding hydrogens is 594 g/mol. The summed E-state index contributed by atoms with van der Waals surface area (Å²) in [5, 5.41) is 0. The zero-order chi connectivity index (χ0) is 19.9. The van der Waals surface area contributed by atoms with Gasteiger partial charge in [-0.15, -0.1) is 0 Å². The van der Waals surface area contributed by atoms with Gasteiger partial charge in [-0.3, -0.25) is 0 Å². The first-order chi connectivity index (χ1) is 14.3. The Labute approximate surface area is 190 Å². The molecule has 0 atom stereocenters. The van der Waals surface area contributed by atoms with Crippen molar-refractivity contribution in [1.29, 1.82) is 0 Å². The maximum absolute atomic E-state index is 12.9. The van der Waals surface area contributed by atoms with Crippen molar-refractivity contribution in [3.63, 3.8) is 0 Å². The third-order valence-corrected chi connectivity index (χ3v) is 7.64. The Balaban J connectivity index is 1.45. The standard InChI is InChI=1S/C23H18I2O4/c26-23(21-7-3-1-5-17(21)15-27-19-9-11-24-13-19)29-22-8-4-2-6-18(22)16-28-20-10-12-25-14-20/h1-14H,15-16H2/q-2. The molecule has 2 aromatic carbocycles. The van der Waals surface area contributed by atoms with E-state index >= 15 is 0 Å². The molecule has 0 fully saturated rings. The normalized spacial score (nSPS) is 15.0. The Morgan fingerprint density at radius 1 is 0.759 bits per heavy atom. The van der Waals surface area contributed by atoms with Crippen molar-refractivity contribution in [2.24, 2.45) is 0 Å². The molecule has 0 aromatic heterocycles. The van der Waals surface area contributed by atoms with E-state index in [2.05, 4.69) is 16.3 Å². The SMILES string of the molecule is O=C(Oc1ccccc1COC1=C[I-]C=C1)c1ccccc1COC1=C[I-]C=C1. The van der Waals surface area contributed by atoms with Crippen molar-refractivity contribution in [3.8, 4) is 5.75 Å². The Morgan fingerprint density at radius 3 is 2.00 bits per heavy atom. The van der Waals surface area contributed by atoms with Gasteiger partial charge in [0.15, 0.2) is 0 Å². The van der Waals surface area contributed by atoms with Crippen LogP contribution in [0.4, 0.5) is 0 Å². The average molecular weight is 612 g/mol. The number of hydrogen-bond acceptors (Lipinski definition) is 4. The first-order valence-corrected chi connectivity index (χ1v) is 13.9. The summed E-state index contributed by atoms with van der Waals surface area (Å²) in [6, 6.07) is 14.9. The van der Waals surface area contributed by atoms with E-state index in [1.165, 1.54) is 0 Å². The second-order valence-corrected chi connectivity index (χ2v) is 10.2. The predicted molar refractivity (Wildman–Crippen MR) is 102 cm³/mol. The zero-order valence-electron chi connectivity index (χ0n) is 15.4. The van der Waals surface area contributed by atoms with Crippen molar-refractivity contribution < 1.29 is 61.4 Å². The summed E-state index contributed by atoms with van der Waals surface area (Å²) in [4.78, 5) is 12.9. The summed E-state index contributed by atoms with van der Waals surface area (Å²) in [7, 11) is 0. The fraction of sp³-hybridized carbons (Fsp3) is 0.0870. The van der Waals surface area contributed by atoms with E-state index in [4.69, 9.17) is 14.2 Å². The fourth-order valence-electron chi connectivity index (χ4n) is 2.67. The van der Waals surface area contributed by atoms with Crippen molar-refractivity contribution in [3.05, 3.63) is 105 Å². The van der Waals surface area contributed by atoms with Gasteiger partial charge < -0.3 is 0 Å². The second kappa shape index (κ2) is 10.1. The number of rotatable bonds is 8. The predicted octanol–water partition coefficient (Wildman–Crippen LogP) is -1.15. The van der Waals surface area contributed by atoms with E-state index in [0.717, 1.165) is 22.6 Å². The molecule has 2 aliphatic heterocycles. The van der Waals surface area contributed by atoms with Crippen LogP contribution in [0.5, 0.6) is 5.75 Å². The van der Waals surface area contributed by atoms with Gasteiger partial charge in [0.25, 0.3) is 0 Å². The van der Waals surface area contributed by atoms with E-state index in [0.29, 0.717) is 24.5 Å². The summed E-state index contributed by atoms with van der Waals surface area (Å²) in [6.07, 6.45) is 3.98. The number of ether oxygens (including phenoxy) is 3. The molecule has 4 rings (SSSR count). The van der Waals surface area contributed by atoms with Crippen LogP contribution in [0.25, 0.3) is 0 Å². The van der Waals surface area contributed by atoms with Gasteiger partial charge in [0.2, 0.25) is 0 Å². The van der Waals surface area contributed by atoms with Gasteiger partial charge in [0.1, 0.15) is 0 Å². The topological polar surface area (TPSA) is 44.8 Å². The first-order valence-electron chi connectivity index (χ1n) is 8.90. The molecule has 2 heterocycles. The van der Waals surface area contributed by atoms with Crippen LogP contribution in [0.3, 0.4) is 0 Å². The minimum atomic E-state index is -0.397. The molecule has 0 spiro atoms. The summed E-state index contributed by atoms with van der Waals surface area (Å²) >= 11 is -0.0408. The maximum atomic E-state index is 12.9. The number of carbonyl (C=O) groups is 1. The Bertz CT molecular complexity index is 1020. The molecule has 2 aliphatic rings. The van der Waals surface area contributed by atoms with Gasteiger partial charge >= 0.3 is 192 Å². The van der Waals surface area contributed by atoms with Crippen LogP contribution >= 0.6 is 0 Å². The van der Waals surface area contributed by atoms with Crippen molar-refractivity contribution in [1.82, 2.24) is 0 Å². The Kier molecular flexibility index (Phi) is 7.04. The quantitative estimate of drug-likeness (QED) is 0.215. The van der Waals surface area contributed by atoms with Crippen LogP contribution in [-0.4, -0.2) is 5.97 Å². The number of para-hydroxylation sites is 1. The Hall–Kier alpha value is -2.07. The van der Waals surface area contributed by atoms with Gasteiger partial charge in [0, 0.05) is 0 Å². The van der Waals surface area contributed by atoms with Gasteiger partial charge in [-0.2, -0.15) is 0 Å². The summed E-state index contributed by atoms with van der Waals surface area (Å²) in [5.41, 5.74) is 2.14. The summed E-state index contributed by atoms with van der Waals surface area (Å²) in [5.74, 6) is 1.88. The molecular formula is C23H18I2O4-2. The third kappa shape index (κ3) is 5.51. The van der Waals surface area contributed by atoms with Gasteiger partial charge in [0.05, 0.1) is 0 Å². The zero-order valence-corrected chi connectivity index (χ0v) is 19.7. The molecule has 29 heavy (non-hydrogen) atoms. The van der Waals surface area contributed by atoms with Crippen LogP contribution in [0.2, 0.25) is 0 Å². The summed E-state index contributed by atoms with van der Waals surface area (Å²) < 4.78 is 25.9. The van der Waals surface area contributed by atoms with Crippen LogP contribution in [0.15, 0.2) is 88.5 Å². The van der Waals surface area contributed by atoms with E-state index in [9.17, 15) is 4.79 Å². The third-order valence-electron chi connectivity index (χ3n) is 4.14. The molecule has 0 radical (unpaired) electrons. The van der Waals surface area contributed by atoms with Crippen molar-refractivity contribution >= 4 is 5.97 Å². The van der Waals surface area contributed by atoms with E-state index < -0.39 is 5.97 Å². The fourth-order valence-corrected chi connectivity index (χ4v) is 5.69. The number of benzene rings is 2. The molecule has 6 heteroatoms. The van der Waals surface area contributed by atoms with Crippen molar-refractivity contribution in [2.45, 2.75) is 13.2 Å². The number of carbonyl (C=O) groups excluding carboxylic acids is 1.